The molecular formula is C9H19NO. The molecule has 0 aromatic carbocycles. The summed E-state index contributed by atoms with van der Waals surface area (Å²) in [5.74, 6) is 0. The molecule has 0 aliphatic rings. The molecule has 0 aliphatic heterocycles. The van der Waals surface area contributed by atoms with E-state index in [9.17, 15) is 0 Å². The zero-order valence-corrected chi connectivity index (χ0v) is 7.98. The standard InChI is InChI=1S/C9H19NO/c1-6-9(4,11-5)8(10)7(2)3/h8H,2,6,10H2,1,3-5H3. The van der Waals surface area contributed by atoms with Crippen LogP contribution in [-0.4, -0.2) is 18.8 Å². The van der Waals surface area contributed by atoms with Crippen molar-refractivity contribution in [2.45, 2.75) is 38.8 Å². The molecule has 2 unspecified atom stereocenters. The predicted octanol–water partition coefficient (Wildman–Crippen LogP) is 1.70. The Hall–Kier alpha value is -0.340. The molecule has 0 radical (unpaired) electrons. The fourth-order valence-corrected chi connectivity index (χ4v) is 1.01. The topological polar surface area (TPSA) is 35.2 Å². The van der Waals surface area contributed by atoms with Crippen molar-refractivity contribution >= 4 is 0 Å². The number of ether oxygens (including phenoxy) is 1. The lowest BCUT2D eigenvalue weighted by Crippen LogP contribution is -2.47. The van der Waals surface area contributed by atoms with E-state index in [1.165, 1.54) is 0 Å². The third-order valence-electron chi connectivity index (χ3n) is 2.36. The summed E-state index contributed by atoms with van der Waals surface area (Å²) in [7, 11) is 1.69. The van der Waals surface area contributed by atoms with Crippen molar-refractivity contribution < 1.29 is 4.74 Å². The van der Waals surface area contributed by atoms with Crippen LogP contribution < -0.4 is 5.73 Å². The Labute approximate surface area is 69.4 Å². The first-order valence-corrected chi connectivity index (χ1v) is 3.94. The molecule has 0 bridgehead atoms. The van der Waals surface area contributed by atoms with Gasteiger partial charge in [-0.3, -0.25) is 0 Å². The highest BCUT2D eigenvalue weighted by atomic mass is 16.5. The van der Waals surface area contributed by atoms with E-state index in [1.54, 1.807) is 7.11 Å². The van der Waals surface area contributed by atoms with Gasteiger partial charge in [-0.25, -0.2) is 0 Å². The van der Waals surface area contributed by atoms with Crippen LogP contribution in [0.25, 0.3) is 0 Å². The van der Waals surface area contributed by atoms with Gasteiger partial charge < -0.3 is 10.5 Å². The van der Waals surface area contributed by atoms with Gasteiger partial charge in [-0.05, 0) is 20.3 Å². The first-order valence-electron chi connectivity index (χ1n) is 3.94. The van der Waals surface area contributed by atoms with Crippen molar-refractivity contribution in [2.75, 3.05) is 7.11 Å². The molecule has 0 aromatic rings. The van der Waals surface area contributed by atoms with Crippen LogP contribution in [0.15, 0.2) is 12.2 Å². The normalized spacial score (nSPS) is 19.0. The number of methoxy groups -OCH3 is 1. The van der Waals surface area contributed by atoms with E-state index in [4.69, 9.17) is 10.5 Å². The van der Waals surface area contributed by atoms with Crippen molar-refractivity contribution in [3.05, 3.63) is 12.2 Å². The SMILES string of the molecule is C=C(C)C(N)C(C)(CC)OC. The van der Waals surface area contributed by atoms with E-state index >= 15 is 0 Å². The lowest BCUT2D eigenvalue weighted by atomic mass is 9.90. The van der Waals surface area contributed by atoms with Gasteiger partial charge in [-0.2, -0.15) is 0 Å². The van der Waals surface area contributed by atoms with Crippen LogP contribution in [0.1, 0.15) is 27.2 Å². The summed E-state index contributed by atoms with van der Waals surface area (Å²) in [6.07, 6.45) is 0.900. The van der Waals surface area contributed by atoms with Crippen molar-refractivity contribution in [1.82, 2.24) is 0 Å². The molecule has 2 atom stereocenters. The zero-order chi connectivity index (χ0) is 9.07. The fraction of sp³-hybridized carbons (Fsp3) is 0.778. The van der Waals surface area contributed by atoms with E-state index in [0.717, 1.165) is 12.0 Å². The van der Waals surface area contributed by atoms with E-state index in [0.29, 0.717) is 0 Å². The molecule has 0 amide bonds. The number of hydrogen-bond donors (Lipinski definition) is 1. The smallest absolute Gasteiger partial charge is 0.0836 e. The van der Waals surface area contributed by atoms with Crippen LogP contribution in [0, 0.1) is 0 Å². The monoisotopic (exact) mass is 157 g/mol. The average molecular weight is 157 g/mol. The highest BCUT2D eigenvalue weighted by Gasteiger charge is 2.29. The Kier molecular flexibility index (Phi) is 3.76. The van der Waals surface area contributed by atoms with Crippen LogP contribution in [0.5, 0.6) is 0 Å². The zero-order valence-electron chi connectivity index (χ0n) is 7.98. The Bertz CT molecular complexity index is 138. The fourth-order valence-electron chi connectivity index (χ4n) is 1.01. The van der Waals surface area contributed by atoms with Gasteiger partial charge in [0.1, 0.15) is 0 Å². The van der Waals surface area contributed by atoms with Gasteiger partial charge in [-0.1, -0.05) is 19.1 Å². The maximum atomic E-state index is 5.89. The average Bonchev–Trinajstić information content (AvgIpc) is 2.01. The second kappa shape index (κ2) is 3.88. The summed E-state index contributed by atoms with van der Waals surface area (Å²) in [5.41, 5.74) is 6.60. The molecule has 0 spiro atoms. The minimum absolute atomic E-state index is 0.0718. The predicted molar refractivity (Wildman–Crippen MR) is 48.5 cm³/mol. The molecule has 2 nitrogen and oxygen atoms in total. The Morgan fingerprint density at radius 1 is 1.73 bits per heavy atom. The van der Waals surface area contributed by atoms with E-state index in [2.05, 4.69) is 13.5 Å². The summed E-state index contributed by atoms with van der Waals surface area (Å²) in [4.78, 5) is 0. The Balaban J connectivity index is 4.36. The Morgan fingerprint density at radius 2 is 2.18 bits per heavy atom. The Morgan fingerprint density at radius 3 is 2.27 bits per heavy atom. The molecule has 2 heteroatoms. The van der Waals surface area contributed by atoms with Crippen molar-refractivity contribution in [1.29, 1.82) is 0 Å². The van der Waals surface area contributed by atoms with Crippen molar-refractivity contribution in [3.63, 3.8) is 0 Å². The van der Waals surface area contributed by atoms with E-state index in [-0.39, 0.29) is 11.6 Å². The quantitative estimate of drug-likeness (QED) is 0.630. The summed E-state index contributed by atoms with van der Waals surface area (Å²) in [5, 5.41) is 0. The maximum absolute atomic E-state index is 5.89. The van der Waals surface area contributed by atoms with Gasteiger partial charge in [0.15, 0.2) is 0 Å². The van der Waals surface area contributed by atoms with Crippen LogP contribution in [0.4, 0.5) is 0 Å². The molecule has 0 fully saturated rings. The number of hydrogen-bond acceptors (Lipinski definition) is 2. The summed E-state index contributed by atoms with van der Waals surface area (Å²) < 4.78 is 5.32. The third kappa shape index (κ3) is 2.31. The molecule has 0 saturated heterocycles. The summed E-state index contributed by atoms with van der Waals surface area (Å²) in [6.45, 7) is 9.81. The van der Waals surface area contributed by atoms with Gasteiger partial charge in [0.05, 0.1) is 11.6 Å². The molecule has 11 heavy (non-hydrogen) atoms. The number of rotatable bonds is 4. The van der Waals surface area contributed by atoms with Gasteiger partial charge >= 0.3 is 0 Å². The second-order valence-corrected chi connectivity index (χ2v) is 3.19. The lowest BCUT2D eigenvalue weighted by Gasteiger charge is -2.33. The molecule has 0 saturated carbocycles. The van der Waals surface area contributed by atoms with Gasteiger partial charge in [0.2, 0.25) is 0 Å². The molecule has 0 aromatic heterocycles. The highest BCUT2D eigenvalue weighted by molar-refractivity contribution is 5.08. The largest absolute Gasteiger partial charge is 0.377 e. The first-order chi connectivity index (χ1) is 4.98. The summed E-state index contributed by atoms with van der Waals surface area (Å²) >= 11 is 0. The molecule has 0 rings (SSSR count). The molecular weight excluding hydrogens is 138 g/mol. The van der Waals surface area contributed by atoms with Gasteiger partial charge in [0.25, 0.3) is 0 Å². The van der Waals surface area contributed by atoms with Crippen LogP contribution in [-0.2, 0) is 4.74 Å². The van der Waals surface area contributed by atoms with Crippen molar-refractivity contribution in [3.8, 4) is 0 Å². The molecule has 0 aliphatic carbocycles. The van der Waals surface area contributed by atoms with Crippen molar-refractivity contribution in [2.24, 2.45) is 5.73 Å². The number of nitrogens with two attached hydrogens (primary N) is 1. The molecule has 66 valence electrons. The van der Waals surface area contributed by atoms with E-state index in [1.807, 2.05) is 13.8 Å². The maximum Gasteiger partial charge on any atom is 0.0836 e. The summed E-state index contributed by atoms with van der Waals surface area (Å²) in [6, 6.07) is -0.0718. The third-order valence-corrected chi connectivity index (χ3v) is 2.36. The van der Waals surface area contributed by atoms with Gasteiger partial charge in [-0.15, -0.1) is 0 Å². The van der Waals surface area contributed by atoms with Crippen LogP contribution >= 0.6 is 0 Å². The lowest BCUT2D eigenvalue weighted by molar-refractivity contribution is -0.00959. The minimum atomic E-state index is -0.258. The van der Waals surface area contributed by atoms with Crippen LogP contribution in [0.2, 0.25) is 0 Å². The second-order valence-electron chi connectivity index (χ2n) is 3.19. The first kappa shape index (κ1) is 10.7. The van der Waals surface area contributed by atoms with Crippen LogP contribution in [0.3, 0.4) is 0 Å². The highest BCUT2D eigenvalue weighted by Crippen LogP contribution is 2.21. The molecule has 2 N–H and O–H groups in total. The van der Waals surface area contributed by atoms with E-state index < -0.39 is 0 Å². The van der Waals surface area contributed by atoms with Gasteiger partial charge in [0, 0.05) is 7.11 Å². The molecule has 0 heterocycles. The minimum Gasteiger partial charge on any atom is -0.377 e.